The van der Waals surface area contributed by atoms with E-state index in [4.69, 9.17) is 22.4 Å². The maximum absolute atomic E-state index is 13.7. The van der Waals surface area contributed by atoms with Gasteiger partial charge in [-0.15, -0.1) is 0 Å². The van der Waals surface area contributed by atoms with E-state index in [0.717, 1.165) is 0 Å². The molecule has 0 saturated heterocycles. The van der Waals surface area contributed by atoms with Crippen LogP contribution in [0.5, 0.6) is 0 Å². The summed E-state index contributed by atoms with van der Waals surface area (Å²) in [5, 5.41) is 2.42. The molecule has 0 unspecified atom stereocenters. The Labute approximate surface area is 108 Å². The molecular weight excluding hydrogens is 255 g/mol. The lowest BCUT2D eigenvalue weighted by Crippen LogP contribution is -2.14. The number of carbonyl (C=O) groups is 1. The Morgan fingerprint density at radius 1 is 1.33 bits per heavy atom. The molecule has 0 aliphatic rings. The molecule has 1 heterocycles. The van der Waals surface area contributed by atoms with Crippen molar-refractivity contribution in [1.29, 1.82) is 0 Å². The fraction of sp³-hybridized carbons (Fsp3) is 0. The van der Waals surface area contributed by atoms with Crippen LogP contribution in [-0.4, -0.2) is 10.9 Å². The predicted molar refractivity (Wildman–Crippen MR) is 68.9 cm³/mol. The average Bonchev–Trinajstić information content (AvgIpc) is 2.85. The molecule has 0 aliphatic heterocycles. The highest BCUT2D eigenvalue weighted by molar-refractivity contribution is 7.80. The van der Waals surface area contributed by atoms with Crippen LogP contribution in [0.25, 0.3) is 0 Å². The minimum absolute atomic E-state index is 0.0567. The molecule has 2 aromatic rings. The Morgan fingerprint density at radius 3 is 2.67 bits per heavy atom. The molecule has 92 valence electrons. The van der Waals surface area contributed by atoms with Gasteiger partial charge in [-0.25, -0.2) is 4.39 Å². The largest absolute Gasteiger partial charge is 0.472 e. The number of benzene rings is 1. The molecule has 0 bridgehead atoms. The van der Waals surface area contributed by atoms with Crippen molar-refractivity contribution in [1.82, 2.24) is 0 Å². The zero-order chi connectivity index (χ0) is 13.1. The number of nitrogens with one attached hydrogen (secondary N) is 1. The average molecular weight is 264 g/mol. The number of hydrogen-bond donors (Lipinski definition) is 2. The zero-order valence-electron chi connectivity index (χ0n) is 9.14. The summed E-state index contributed by atoms with van der Waals surface area (Å²) in [6.07, 6.45) is 2.64. The Balaban J connectivity index is 2.20. The molecule has 6 heteroatoms. The first kappa shape index (κ1) is 12.3. The van der Waals surface area contributed by atoms with Crippen molar-refractivity contribution in [2.45, 2.75) is 0 Å². The van der Waals surface area contributed by atoms with Crippen molar-refractivity contribution in [3.05, 3.63) is 53.7 Å². The molecular formula is C12H9FN2O2S. The van der Waals surface area contributed by atoms with Gasteiger partial charge in [-0.1, -0.05) is 12.2 Å². The molecule has 0 saturated carbocycles. The lowest BCUT2D eigenvalue weighted by Gasteiger charge is -2.06. The summed E-state index contributed by atoms with van der Waals surface area (Å²) < 4.78 is 18.4. The van der Waals surface area contributed by atoms with Crippen LogP contribution in [-0.2, 0) is 0 Å². The zero-order valence-corrected chi connectivity index (χ0v) is 9.96. The Hall–Kier alpha value is -2.21. The van der Waals surface area contributed by atoms with Gasteiger partial charge in [-0.3, -0.25) is 4.79 Å². The maximum atomic E-state index is 13.7. The minimum Gasteiger partial charge on any atom is -0.472 e. The molecule has 4 nitrogen and oxygen atoms in total. The number of thiocarbonyl (C=S) groups is 1. The van der Waals surface area contributed by atoms with Crippen molar-refractivity contribution in [2.24, 2.45) is 5.73 Å². The Morgan fingerprint density at radius 2 is 2.11 bits per heavy atom. The van der Waals surface area contributed by atoms with Crippen molar-refractivity contribution >= 4 is 28.8 Å². The number of amides is 1. The molecule has 1 aromatic carbocycles. The molecule has 1 aromatic heterocycles. The number of rotatable bonds is 3. The molecule has 18 heavy (non-hydrogen) atoms. The van der Waals surface area contributed by atoms with Gasteiger partial charge in [0.2, 0.25) is 0 Å². The topological polar surface area (TPSA) is 68.3 Å². The first-order valence-corrected chi connectivity index (χ1v) is 5.41. The number of halogens is 1. The molecule has 2 rings (SSSR count). The summed E-state index contributed by atoms with van der Waals surface area (Å²) in [4.78, 5) is 11.8. The summed E-state index contributed by atoms with van der Waals surface area (Å²) in [6.45, 7) is 0. The molecule has 0 spiro atoms. The molecule has 3 N–H and O–H groups in total. The van der Waals surface area contributed by atoms with E-state index in [9.17, 15) is 9.18 Å². The van der Waals surface area contributed by atoms with Crippen LogP contribution in [0.15, 0.2) is 41.2 Å². The highest BCUT2D eigenvalue weighted by atomic mass is 32.1. The van der Waals surface area contributed by atoms with Crippen LogP contribution in [0, 0.1) is 5.82 Å². The highest BCUT2D eigenvalue weighted by Crippen LogP contribution is 2.17. The van der Waals surface area contributed by atoms with E-state index < -0.39 is 11.7 Å². The summed E-state index contributed by atoms with van der Waals surface area (Å²) in [5.74, 6) is -1.05. The van der Waals surface area contributed by atoms with Crippen LogP contribution in [0.1, 0.15) is 15.9 Å². The standard InChI is InChI=1S/C12H9FN2O2S/c13-9-5-7(11(14)18)1-2-10(9)15-12(16)8-3-4-17-6-8/h1-6H,(H2,14,18)(H,15,16). The van der Waals surface area contributed by atoms with Gasteiger partial charge in [-0.05, 0) is 24.3 Å². The predicted octanol–water partition coefficient (Wildman–Crippen LogP) is 2.31. The van der Waals surface area contributed by atoms with E-state index in [2.05, 4.69) is 5.32 Å². The van der Waals surface area contributed by atoms with Crippen molar-refractivity contribution < 1.29 is 13.6 Å². The van der Waals surface area contributed by atoms with Crippen LogP contribution in [0.2, 0.25) is 0 Å². The van der Waals surface area contributed by atoms with E-state index >= 15 is 0 Å². The third-order valence-electron chi connectivity index (χ3n) is 2.29. The van der Waals surface area contributed by atoms with E-state index in [1.165, 1.54) is 36.8 Å². The quantitative estimate of drug-likeness (QED) is 0.835. The second kappa shape index (κ2) is 4.97. The number of hydrogen-bond acceptors (Lipinski definition) is 3. The first-order valence-electron chi connectivity index (χ1n) is 5.01. The fourth-order valence-corrected chi connectivity index (χ4v) is 1.48. The van der Waals surface area contributed by atoms with Crippen LogP contribution in [0.4, 0.5) is 10.1 Å². The number of nitrogens with two attached hydrogens (primary N) is 1. The smallest absolute Gasteiger partial charge is 0.258 e. The first-order chi connectivity index (χ1) is 8.58. The van der Waals surface area contributed by atoms with Crippen LogP contribution < -0.4 is 11.1 Å². The van der Waals surface area contributed by atoms with Gasteiger partial charge in [0, 0.05) is 5.56 Å². The summed E-state index contributed by atoms with van der Waals surface area (Å²) in [7, 11) is 0. The molecule has 1 amide bonds. The van der Waals surface area contributed by atoms with Gasteiger partial charge in [0.25, 0.3) is 5.91 Å². The Kier molecular flexibility index (Phi) is 3.38. The van der Waals surface area contributed by atoms with E-state index in [0.29, 0.717) is 11.1 Å². The van der Waals surface area contributed by atoms with Gasteiger partial charge < -0.3 is 15.5 Å². The van der Waals surface area contributed by atoms with Crippen molar-refractivity contribution in [3.8, 4) is 0 Å². The molecule has 0 fully saturated rings. The van der Waals surface area contributed by atoms with Gasteiger partial charge in [0.05, 0.1) is 17.5 Å². The van der Waals surface area contributed by atoms with Crippen LogP contribution >= 0.6 is 12.2 Å². The van der Waals surface area contributed by atoms with Crippen molar-refractivity contribution in [3.63, 3.8) is 0 Å². The minimum atomic E-state index is -0.600. The van der Waals surface area contributed by atoms with E-state index in [-0.39, 0.29) is 10.7 Å². The van der Waals surface area contributed by atoms with Gasteiger partial charge in [0.15, 0.2) is 0 Å². The number of carbonyl (C=O) groups excluding carboxylic acids is 1. The van der Waals surface area contributed by atoms with Crippen molar-refractivity contribution in [2.75, 3.05) is 5.32 Å². The lowest BCUT2D eigenvalue weighted by molar-refractivity contribution is 0.102. The maximum Gasteiger partial charge on any atom is 0.258 e. The number of furan rings is 1. The molecule has 0 aliphatic carbocycles. The van der Waals surface area contributed by atoms with Gasteiger partial charge >= 0.3 is 0 Å². The van der Waals surface area contributed by atoms with Gasteiger partial charge in [0.1, 0.15) is 17.1 Å². The monoisotopic (exact) mass is 264 g/mol. The Bertz CT molecular complexity index is 596. The summed E-state index contributed by atoms with van der Waals surface area (Å²) >= 11 is 4.73. The lowest BCUT2D eigenvalue weighted by atomic mass is 10.2. The van der Waals surface area contributed by atoms with Crippen LogP contribution in [0.3, 0.4) is 0 Å². The normalized spacial score (nSPS) is 10.1. The third kappa shape index (κ3) is 2.54. The second-order valence-corrected chi connectivity index (χ2v) is 3.96. The summed E-state index contributed by atoms with van der Waals surface area (Å²) in [5.41, 5.74) is 6.15. The van der Waals surface area contributed by atoms with E-state index in [1.807, 2.05) is 0 Å². The second-order valence-electron chi connectivity index (χ2n) is 3.53. The third-order valence-corrected chi connectivity index (χ3v) is 2.52. The molecule has 0 radical (unpaired) electrons. The molecule has 0 atom stereocenters. The summed E-state index contributed by atoms with van der Waals surface area (Å²) in [6, 6.07) is 5.60. The van der Waals surface area contributed by atoms with E-state index in [1.54, 1.807) is 0 Å². The fourth-order valence-electron chi connectivity index (χ4n) is 1.36. The number of anilines is 1. The SMILES string of the molecule is NC(=S)c1ccc(NC(=O)c2ccoc2)c(F)c1. The van der Waals surface area contributed by atoms with Gasteiger partial charge in [-0.2, -0.15) is 0 Å². The highest BCUT2D eigenvalue weighted by Gasteiger charge is 2.11.